The number of ether oxygens (including phenoxy) is 2. The van der Waals surface area contributed by atoms with Crippen LogP contribution >= 0.6 is 0 Å². The lowest BCUT2D eigenvalue weighted by Gasteiger charge is -2.40. The van der Waals surface area contributed by atoms with Crippen molar-refractivity contribution < 1.29 is 23.9 Å². The molecule has 2 rings (SSSR count). The second-order valence-electron chi connectivity index (χ2n) is 6.10. The second kappa shape index (κ2) is 7.42. The van der Waals surface area contributed by atoms with Crippen LogP contribution in [0.3, 0.4) is 0 Å². The van der Waals surface area contributed by atoms with Gasteiger partial charge in [-0.25, -0.2) is 9.59 Å². The topological polar surface area (TPSA) is 88.2 Å². The molecule has 0 saturated heterocycles. The second-order valence-corrected chi connectivity index (χ2v) is 6.10. The van der Waals surface area contributed by atoms with E-state index >= 15 is 0 Å². The molecule has 1 aliphatic heterocycles. The molecule has 0 fully saturated rings. The molecule has 0 saturated carbocycles. The molecule has 1 atom stereocenters. The average Bonchev–Trinajstić information content (AvgIpc) is 2.52. The van der Waals surface area contributed by atoms with Gasteiger partial charge in [0.1, 0.15) is 0 Å². The number of hydrogen-bond donors (Lipinski definition) is 1. The van der Waals surface area contributed by atoms with Crippen LogP contribution < -0.4 is 15.1 Å². The molecule has 1 unspecified atom stereocenters. The van der Waals surface area contributed by atoms with E-state index in [4.69, 9.17) is 4.74 Å². The van der Waals surface area contributed by atoms with E-state index in [9.17, 15) is 14.4 Å². The maximum Gasteiger partial charge on any atom is 0.414 e. The van der Waals surface area contributed by atoms with Crippen molar-refractivity contribution in [3.63, 3.8) is 0 Å². The lowest BCUT2D eigenvalue weighted by atomic mass is 10.1. The van der Waals surface area contributed by atoms with Crippen molar-refractivity contribution in [2.75, 3.05) is 28.8 Å². The molecule has 8 heteroatoms. The normalized spacial score (nSPS) is 16.3. The van der Waals surface area contributed by atoms with Gasteiger partial charge in [0.05, 0.1) is 30.6 Å². The minimum atomic E-state index is -0.616. The first-order valence-electron chi connectivity index (χ1n) is 8.01. The molecular weight excluding hydrogens is 326 g/mol. The highest BCUT2D eigenvalue weighted by Crippen LogP contribution is 2.38. The van der Waals surface area contributed by atoms with Crippen molar-refractivity contribution in [2.45, 2.75) is 39.8 Å². The summed E-state index contributed by atoms with van der Waals surface area (Å²) in [6.45, 7) is 7.18. The zero-order chi connectivity index (χ0) is 18.7. The maximum absolute atomic E-state index is 12.4. The first kappa shape index (κ1) is 18.6. The fourth-order valence-corrected chi connectivity index (χ4v) is 2.79. The van der Waals surface area contributed by atoms with E-state index in [0.717, 1.165) is 0 Å². The van der Waals surface area contributed by atoms with Crippen molar-refractivity contribution in [2.24, 2.45) is 0 Å². The van der Waals surface area contributed by atoms with Gasteiger partial charge in [0.25, 0.3) is 0 Å². The molecule has 1 N–H and O–H groups in total. The van der Waals surface area contributed by atoms with Crippen molar-refractivity contribution in [3.8, 4) is 0 Å². The van der Waals surface area contributed by atoms with Crippen LogP contribution in [0.15, 0.2) is 18.2 Å². The standard InChI is InChI=1S/C17H23N3O5/c1-10(2)25-17(23)19-9-11(3)20(12(4)21)15-8-13(6-7-14(15)19)18-16(22)24-5/h6-8,10-11H,9H2,1-5H3,(H,18,22). The molecule has 8 nitrogen and oxygen atoms in total. The largest absolute Gasteiger partial charge is 0.453 e. The van der Waals surface area contributed by atoms with Gasteiger partial charge in [-0.3, -0.25) is 15.0 Å². The van der Waals surface area contributed by atoms with Crippen LogP contribution in [-0.2, 0) is 14.3 Å². The molecule has 0 bridgehead atoms. The average molecular weight is 349 g/mol. The number of fused-ring (bicyclic) bond motifs is 1. The Kier molecular flexibility index (Phi) is 5.51. The lowest BCUT2D eigenvalue weighted by Crippen LogP contribution is -2.51. The third-order valence-electron chi connectivity index (χ3n) is 3.74. The number of amides is 3. The van der Waals surface area contributed by atoms with Gasteiger partial charge in [-0.15, -0.1) is 0 Å². The van der Waals surface area contributed by atoms with E-state index in [0.29, 0.717) is 23.6 Å². The van der Waals surface area contributed by atoms with Crippen LogP contribution in [0.1, 0.15) is 27.7 Å². The van der Waals surface area contributed by atoms with Crippen LogP contribution in [-0.4, -0.2) is 43.9 Å². The van der Waals surface area contributed by atoms with Gasteiger partial charge < -0.3 is 14.4 Å². The molecular formula is C17H23N3O5. The number of benzene rings is 1. The molecule has 1 heterocycles. The van der Waals surface area contributed by atoms with Crippen molar-refractivity contribution in [1.29, 1.82) is 0 Å². The Bertz CT molecular complexity index is 689. The predicted molar refractivity (Wildman–Crippen MR) is 94.1 cm³/mol. The summed E-state index contributed by atoms with van der Waals surface area (Å²) in [5.74, 6) is -0.152. The van der Waals surface area contributed by atoms with E-state index in [-0.39, 0.29) is 18.1 Å². The summed E-state index contributed by atoms with van der Waals surface area (Å²) in [6, 6.07) is 4.71. The molecule has 3 amide bonds. The molecule has 1 aromatic carbocycles. The molecule has 25 heavy (non-hydrogen) atoms. The van der Waals surface area contributed by atoms with Crippen LogP contribution in [0.4, 0.5) is 26.7 Å². The van der Waals surface area contributed by atoms with E-state index in [2.05, 4.69) is 10.1 Å². The Balaban J connectivity index is 2.46. The van der Waals surface area contributed by atoms with Crippen LogP contribution in [0.5, 0.6) is 0 Å². The SMILES string of the molecule is COC(=O)Nc1ccc2c(c1)N(C(C)=O)C(C)CN2C(=O)OC(C)C. The number of nitrogens with one attached hydrogen (secondary N) is 1. The molecule has 0 radical (unpaired) electrons. The molecule has 0 aromatic heterocycles. The van der Waals surface area contributed by atoms with Gasteiger partial charge in [0.15, 0.2) is 0 Å². The first-order chi connectivity index (χ1) is 11.7. The molecule has 136 valence electrons. The summed E-state index contributed by atoms with van der Waals surface area (Å²) in [4.78, 5) is 39.0. The summed E-state index contributed by atoms with van der Waals surface area (Å²) in [7, 11) is 1.27. The Hall–Kier alpha value is -2.77. The smallest absolute Gasteiger partial charge is 0.414 e. The van der Waals surface area contributed by atoms with Gasteiger partial charge >= 0.3 is 12.2 Å². The highest BCUT2D eigenvalue weighted by Gasteiger charge is 2.34. The molecule has 1 aliphatic rings. The van der Waals surface area contributed by atoms with Gasteiger partial charge in [-0.1, -0.05) is 0 Å². The Morgan fingerprint density at radius 3 is 2.48 bits per heavy atom. The van der Waals surface area contributed by atoms with E-state index < -0.39 is 12.2 Å². The van der Waals surface area contributed by atoms with E-state index in [1.54, 1.807) is 36.9 Å². The third-order valence-corrected chi connectivity index (χ3v) is 3.74. The number of carbonyl (C=O) groups is 3. The molecule has 0 aliphatic carbocycles. The highest BCUT2D eigenvalue weighted by atomic mass is 16.6. The number of methoxy groups -OCH3 is 1. The lowest BCUT2D eigenvalue weighted by molar-refractivity contribution is -0.117. The molecule has 0 spiro atoms. The summed E-state index contributed by atoms with van der Waals surface area (Å²) < 4.78 is 9.88. The Morgan fingerprint density at radius 1 is 1.24 bits per heavy atom. The quantitative estimate of drug-likeness (QED) is 0.887. The van der Waals surface area contributed by atoms with Crippen LogP contribution in [0.2, 0.25) is 0 Å². The number of nitrogens with zero attached hydrogens (tertiary/aromatic N) is 2. The summed E-state index contributed by atoms with van der Waals surface area (Å²) >= 11 is 0. The first-order valence-corrected chi connectivity index (χ1v) is 8.01. The molecule has 1 aromatic rings. The van der Waals surface area contributed by atoms with Gasteiger partial charge in [-0.05, 0) is 39.0 Å². The van der Waals surface area contributed by atoms with Crippen molar-refractivity contribution in [1.82, 2.24) is 0 Å². The third kappa shape index (κ3) is 4.01. The summed E-state index contributed by atoms with van der Waals surface area (Å²) in [5, 5.41) is 2.56. The Morgan fingerprint density at radius 2 is 1.92 bits per heavy atom. The van der Waals surface area contributed by atoms with Gasteiger partial charge in [0.2, 0.25) is 5.91 Å². The number of hydrogen-bond acceptors (Lipinski definition) is 5. The number of rotatable bonds is 2. The van der Waals surface area contributed by atoms with Gasteiger partial charge in [0, 0.05) is 19.2 Å². The maximum atomic E-state index is 12.4. The van der Waals surface area contributed by atoms with Crippen LogP contribution in [0, 0.1) is 0 Å². The fourth-order valence-electron chi connectivity index (χ4n) is 2.79. The number of carbonyl (C=O) groups excluding carboxylic acids is 3. The van der Waals surface area contributed by atoms with E-state index in [1.807, 2.05) is 6.92 Å². The number of anilines is 3. The minimum absolute atomic E-state index is 0.152. The zero-order valence-electron chi connectivity index (χ0n) is 15.0. The fraction of sp³-hybridized carbons (Fsp3) is 0.471. The predicted octanol–water partition coefficient (Wildman–Crippen LogP) is 2.97. The van der Waals surface area contributed by atoms with Crippen LogP contribution in [0.25, 0.3) is 0 Å². The zero-order valence-corrected chi connectivity index (χ0v) is 15.0. The van der Waals surface area contributed by atoms with Crippen molar-refractivity contribution in [3.05, 3.63) is 18.2 Å². The summed E-state index contributed by atoms with van der Waals surface area (Å²) in [6.07, 6.45) is -1.34. The Labute approximate surface area is 146 Å². The van der Waals surface area contributed by atoms with E-state index in [1.165, 1.54) is 18.9 Å². The minimum Gasteiger partial charge on any atom is -0.453 e. The van der Waals surface area contributed by atoms with Gasteiger partial charge in [-0.2, -0.15) is 0 Å². The van der Waals surface area contributed by atoms with Crippen molar-refractivity contribution >= 4 is 35.2 Å². The monoisotopic (exact) mass is 349 g/mol. The summed E-state index contributed by atoms with van der Waals surface area (Å²) in [5.41, 5.74) is 1.54. The highest BCUT2D eigenvalue weighted by molar-refractivity contribution is 6.03.